The molecule has 0 saturated carbocycles. The second kappa shape index (κ2) is 7.20. The van der Waals surface area contributed by atoms with Gasteiger partial charge in [0.25, 0.3) is 0 Å². The van der Waals surface area contributed by atoms with E-state index in [2.05, 4.69) is 39.4 Å². The summed E-state index contributed by atoms with van der Waals surface area (Å²) in [6, 6.07) is 10.1. The maximum absolute atomic E-state index is 6.04. The van der Waals surface area contributed by atoms with Crippen LogP contribution in [0, 0.1) is 6.92 Å². The maximum atomic E-state index is 6.04. The van der Waals surface area contributed by atoms with Crippen molar-refractivity contribution >= 4 is 16.9 Å². The smallest absolute Gasteiger partial charge is 0.222 e. The molecule has 1 saturated heterocycles. The molecule has 4 heterocycles. The number of fused-ring (bicyclic) bond motifs is 1. The van der Waals surface area contributed by atoms with E-state index in [4.69, 9.17) is 18.7 Å². The van der Waals surface area contributed by atoms with Crippen LogP contribution in [0.1, 0.15) is 30.2 Å². The first-order valence-electron chi connectivity index (χ1n) is 9.94. The van der Waals surface area contributed by atoms with Crippen molar-refractivity contribution in [1.82, 2.24) is 20.3 Å². The van der Waals surface area contributed by atoms with Gasteiger partial charge in [0.05, 0.1) is 18.8 Å². The van der Waals surface area contributed by atoms with Crippen molar-refractivity contribution in [1.29, 1.82) is 0 Å². The Kier molecular flexibility index (Phi) is 4.52. The van der Waals surface area contributed by atoms with Gasteiger partial charge in [-0.3, -0.25) is 0 Å². The molecule has 8 heteroatoms. The molecule has 5 rings (SSSR count). The molecule has 152 valence electrons. The average Bonchev–Trinajstić information content (AvgIpc) is 3.42. The third-order valence-electron chi connectivity index (χ3n) is 5.55. The Morgan fingerprint density at radius 1 is 1.21 bits per heavy atom. The zero-order chi connectivity index (χ0) is 19.8. The molecule has 1 aromatic carbocycles. The monoisotopic (exact) mass is 395 g/mol. The standard InChI is InChI=1S/C21H25N5O3/c1-15-22-17(14-27-15)12-26(13-18-11-16-5-3-4-6-19(16)28-18)20-23-21(29-24-20)7-9-25(2)10-8-21/h3-6,11,14H,7-10,12-13H2,1-2H3,(H,23,24). The number of nitrogens with one attached hydrogen (secondary N) is 1. The van der Waals surface area contributed by atoms with Gasteiger partial charge in [-0.05, 0) is 19.2 Å². The van der Waals surface area contributed by atoms with Gasteiger partial charge >= 0.3 is 0 Å². The topological polar surface area (TPSA) is 79.3 Å². The van der Waals surface area contributed by atoms with Crippen LogP contribution in [-0.4, -0.2) is 46.6 Å². The van der Waals surface area contributed by atoms with Crippen LogP contribution in [0.3, 0.4) is 0 Å². The molecule has 1 N–H and O–H groups in total. The number of guanidine groups is 1. The summed E-state index contributed by atoms with van der Waals surface area (Å²) in [5.74, 6) is 2.21. The Bertz CT molecular complexity index is 999. The summed E-state index contributed by atoms with van der Waals surface area (Å²) < 4.78 is 11.4. The van der Waals surface area contributed by atoms with E-state index < -0.39 is 5.72 Å². The van der Waals surface area contributed by atoms with Gasteiger partial charge in [0, 0.05) is 38.2 Å². The summed E-state index contributed by atoms with van der Waals surface area (Å²) in [6.07, 6.45) is 3.41. The van der Waals surface area contributed by atoms with E-state index in [-0.39, 0.29) is 0 Å². The quantitative estimate of drug-likeness (QED) is 0.727. The number of hydrogen-bond donors (Lipinski definition) is 1. The molecule has 0 unspecified atom stereocenters. The second-order valence-corrected chi connectivity index (χ2v) is 7.85. The van der Waals surface area contributed by atoms with Crippen LogP contribution >= 0.6 is 0 Å². The van der Waals surface area contributed by atoms with Gasteiger partial charge in [-0.15, -0.1) is 0 Å². The van der Waals surface area contributed by atoms with Gasteiger partial charge in [0.2, 0.25) is 5.96 Å². The van der Waals surface area contributed by atoms with Gasteiger partial charge in [0.15, 0.2) is 11.6 Å². The minimum absolute atomic E-state index is 0.492. The van der Waals surface area contributed by atoms with Crippen molar-refractivity contribution < 1.29 is 13.7 Å². The minimum atomic E-state index is -0.492. The highest BCUT2D eigenvalue weighted by molar-refractivity contribution is 5.81. The Hall–Kier alpha value is -2.84. The summed E-state index contributed by atoms with van der Waals surface area (Å²) in [5, 5.41) is 1.09. The molecule has 2 aliphatic rings. The summed E-state index contributed by atoms with van der Waals surface area (Å²) in [5.41, 5.74) is 4.30. The molecule has 1 fully saturated rings. The lowest BCUT2D eigenvalue weighted by Gasteiger charge is -2.33. The van der Waals surface area contributed by atoms with Gasteiger partial charge in [-0.2, -0.15) is 0 Å². The largest absolute Gasteiger partial charge is 0.459 e. The van der Waals surface area contributed by atoms with Gasteiger partial charge in [0.1, 0.15) is 17.6 Å². The van der Waals surface area contributed by atoms with E-state index in [9.17, 15) is 0 Å². The van der Waals surface area contributed by atoms with Crippen LogP contribution in [0.5, 0.6) is 0 Å². The predicted molar refractivity (Wildman–Crippen MR) is 108 cm³/mol. The molecule has 8 nitrogen and oxygen atoms in total. The van der Waals surface area contributed by atoms with Gasteiger partial charge < -0.3 is 18.6 Å². The fourth-order valence-corrected chi connectivity index (χ4v) is 3.88. The molecule has 29 heavy (non-hydrogen) atoms. The lowest BCUT2D eigenvalue weighted by atomic mass is 10.0. The number of hydroxylamine groups is 1. The number of hydrogen-bond acceptors (Lipinski definition) is 8. The highest BCUT2D eigenvalue weighted by Gasteiger charge is 2.41. The third-order valence-corrected chi connectivity index (χ3v) is 5.55. The molecular weight excluding hydrogens is 370 g/mol. The molecular formula is C21H25N5O3. The fraction of sp³-hybridized carbons (Fsp3) is 0.429. The van der Waals surface area contributed by atoms with Crippen LogP contribution in [0.25, 0.3) is 11.0 Å². The number of aliphatic imine (C=N–C) groups is 1. The van der Waals surface area contributed by atoms with Crippen molar-refractivity contribution in [2.24, 2.45) is 4.99 Å². The van der Waals surface area contributed by atoms with Crippen LogP contribution < -0.4 is 5.48 Å². The Morgan fingerprint density at radius 3 is 2.79 bits per heavy atom. The molecule has 0 amide bonds. The van der Waals surface area contributed by atoms with E-state index in [0.29, 0.717) is 24.9 Å². The van der Waals surface area contributed by atoms with E-state index in [1.165, 1.54) is 0 Å². The first kappa shape index (κ1) is 18.2. The fourth-order valence-electron chi connectivity index (χ4n) is 3.88. The number of likely N-dealkylation sites (tertiary alicyclic amines) is 1. The number of benzene rings is 1. The molecule has 2 aromatic heterocycles. The molecule has 1 spiro atoms. The van der Waals surface area contributed by atoms with Crippen LogP contribution in [0.4, 0.5) is 0 Å². The van der Waals surface area contributed by atoms with E-state index in [1.54, 1.807) is 6.26 Å². The lowest BCUT2D eigenvalue weighted by molar-refractivity contribution is -0.0875. The zero-order valence-corrected chi connectivity index (χ0v) is 16.7. The molecule has 2 aliphatic heterocycles. The van der Waals surface area contributed by atoms with Crippen molar-refractivity contribution in [3.05, 3.63) is 53.9 Å². The Labute approximate surface area is 169 Å². The molecule has 3 aromatic rings. The SMILES string of the molecule is Cc1nc(CN(Cc2cc3ccccc3o2)C2=NC3(CCN(C)CC3)ON2)co1. The summed E-state index contributed by atoms with van der Waals surface area (Å²) in [6.45, 7) is 4.86. The number of aryl methyl sites for hydroxylation is 1. The minimum Gasteiger partial charge on any atom is -0.459 e. The van der Waals surface area contributed by atoms with E-state index in [0.717, 1.165) is 48.4 Å². The Balaban J connectivity index is 1.42. The number of oxazole rings is 1. The number of piperidine rings is 1. The average molecular weight is 395 g/mol. The first-order valence-corrected chi connectivity index (χ1v) is 9.94. The van der Waals surface area contributed by atoms with Crippen molar-refractivity contribution in [2.45, 2.75) is 38.6 Å². The van der Waals surface area contributed by atoms with E-state index >= 15 is 0 Å². The van der Waals surface area contributed by atoms with E-state index in [1.807, 2.05) is 25.1 Å². The summed E-state index contributed by atoms with van der Waals surface area (Å²) >= 11 is 0. The summed E-state index contributed by atoms with van der Waals surface area (Å²) in [7, 11) is 2.13. The molecule has 0 radical (unpaired) electrons. The molecule has 0 atom stereocenters. The van der Waals surface area contributed by atoms with Gasteiger partial charge in [-0.1, -0.05) is 18.2 Å². The molecule has 0 aliphatic carbocycles. The van der Waals surface area contributed by atoms with Crippen molar-refractivity contribution in [3.8, 4) is 0 Å². The Morgan fingerprint density at radius 2 is 2.03 bits per heavy atom. The zero-order valence-electron chi connectivity index (χ0n) is 16.7. The van der Waals surface area contributed by atoms with Crippen LogP contribution in [0.15, 0.2) is 50.4 Å². The normalized spacial score (nSPS) is 18.9. The summed E-state index contributed by atoms with van der Waals surface area (Å²) in [4.78, 5) is 19.8. The highest BCUT2D eigenvalue weighted by Crippen LogP contribution is 2.31. The third kappa shape index (κ3) is 3.73. The second-order valence-electron chi connectivity index (χ2n) is 7.85. The number of para-hydroxylation sites is 1. The first-order chi connectivity index (χ1) is 14.1. The van der Waals surface area contributed by atoms with Gasteiger partial charge in [-0.25, -0.2) is 20.3 Å². The lowest BCUT2D eigenvalue weighted by Crippen LogP contribution is -2.43. The van der Waals surface area contributed by atoms with Crippen LogP contribution in [-0.2, 0) is 17.9 Å². The number of nitrogens with zero attached hydrogens (tertiary/aromatic N) is 4. The number of furan rings is 1. The van der Waals surface area contributed by atoms with Crippen LogP contribution in [0.2, 0.25) is 0 Å². The van der Waals surface area contributed by atoms with Crippen molar-refractivity contribution in [2.75, 3.05) is 20.1 Å². The van der Waals surface area contributed by atoms with Crippen molar-refractivity contribution in [3.63, 3.8) is 0 Å². The maximum Gasteiger partial charge on any atom is 0.222 e. The number of rotatable bonds is 4. The molecule has 0 bridgehead atoms. The number of aromatic nitrogens is 1. The highest BCUT2D eigenvalue weighted by atomic mass is 16.7. The predicted octanol–water partition coefficient (Wildman–Crippen LogP) is 3.04.